The van der Waals surface area contributed by atoms with E-state index in [1.54, 1.807) is 0 Å². The van der Waals surface area contributed by atoms with E-state index >= 15 is 0 Å². The van der Waals surface area contributed by atoms with Crippen molar-refractivity contribution in [3.8, 4) is 0 Å². The van der Waals surface area contributed by atoms with Crippen LogP contribution in [0.1, 0.15) is 34.5 Å². The smallest absolute Gasteiger partial charge is 0.169 e. The van der Waals surface area contributed by atoms with E-state index < -0.39 is 0 Å². The van der Waals surface area contributed by atoms with Gasteiger partial charge < -0.3 is 0 Å². The van der Waals surface area contributed by atoms with Crippen LogP contribution in [0.5, 0.6) is 0 Å². The molecule has 88 valence electrons. The van der Waals surface area contributed by atoms with Gasteiger partial charge in [-0.1, -0.05) is 37.3 Å². The highest BCUT2D eigenvalue weighted by Crippen LogP contribution is 2.10. The highest BCUT2D eigenvalue weighted by atomic mass is 32.1. The highest BCUT2D eigenvalue weighted by Gasteiger charge is 2.10. The number of hydrogen-bond donors (Lipinski definition) is 0. The van der Waals surface area contributed by atoms with Gasteiger partial charge in [-0.15, -0.1) is 0 Å². The molecular weight excluding hydrogens is 232 g/mol. The van der Waals surface area contributed by atoms with Crippen LogP contribution in [0.25, 0.3) is 0 Å². The third-order valence-corrected chi connectivity index (χ3v) is 3.14. The first-order valence-corrected chi connectivity index (χ1v) is 6.46. The highest BCUT2D eigenvalue weighted by molar-refractivity contribution is 7.05. The van der Waals surface area contributed by atoms with E-state index in [-0.39, 0.29) is 5.78 Å². The summed E-state index contributed by atoms with van der Waals surface area (Å²) in [6.07, 6.45) is 2.27. The van der Waals surface area contributed by atoms with Gasteiger partial charge in [-0.2, -0.15) is 4.37 Å². The molecule has 0 saturated carbocycles. The molecule has 2 rings (SSSR count). The Balaban J connectivity index is 2.03. The molecule has 0 bridgehead atoms. The van der Waals surface area contributed by atoms with E-state index in [2.05, 4.69) is 16.3 Å². The maximum atomic E-state index is 11.9. The molecule has 0 atom stereocenters. The predicted molar refractivity (Wildman–Crippen MR) is 68.4 cm³/mol. The predicted octanol–water partition coefficient (Wildman–Crippen LogP) is 2.92. The quantitative estimate of drug-likeness (QED) is 0.762. The number of ketones is 1. The fourth-order valence-corrected chi connectivity index (χ4v) is 2.24. The number of carbonyl (C=O) groups excluding carboxylic acids is 1. The van der Waals surface area contributed by atoms with E-state index in [9.17, 15) is 4.79 Å². The topological polar surface area (TPSA) is 42.9 Å². The molecule has 0 aliphatic heterocycles. The van der Waals surface area contributed by atoms with E-state index in [1.807, 2.05) is 30.3 Å². The number of benzene rings is 1. The molecule has 1 aromatic heterocycles. The Morgan fingerprint density at radius 1 is 1.29 bits per heavy atom. The van der Waals surface area contributed by atoms with Crippen LogP contribution >= 0.6 is 11.5 Å². The average Bonchev–Trinajstić information content (AvgIpc) is 2.78. The monoisotopic (exact) mass is 246 g/mol. The minimum absolute atomic E-state index is 0.102. The summed E-state index contributed by atoms with van der Waals surface area (Å²) in [5.74, 6) is 0.957. The Morgan fingerprint density at radius 2 is 2.06 bits per heavy atom. The number of aromatic nitrogens is 2. The number of carbonyl (C=O) groups is 1. The van der Waals surface area contributed by atoms with Gasteiger partial charge in [0, 0.05) is 12.0 Å². The Morgan fingerprint density at radius 3 is 2.76 bits per heavy atom. The van der Waals surface area contributed by atoms with Gasteiger partial charge in [-0.05, 0) is 18.0 Å². The Bertz CT molecular complexity index is 493. The molecule has 0 N–H and O–H groups in total. The van der Waals surface area contributed by atoms with Crippen molar-refractivity contribution >= 4 is 17.3 Å². The normalized spacial score (nSPS) is 10.4. The fraction of sp³-hybridized carbons (Fsp3) is 0.308. The number of Topliss-reactive ketones (excluding diaryl/α,β-unsaturated/α-hetero) is 1. The molecule has 0 fully saturated rings. The van der Waals surface area contributed by atoms with Crippen LogP contribution in [-0.4, -0.2) is 15.1 Å². The molecule has 1 aromatic carbocycles. The van der Waals surface area contributed by atoms with Gasteiger partial charge in [0.1, 0.15) is 10.8 Å². The summed E-state index contributed by atoms with van der Waals surface area (Å²) in [6.45, 7) is 2.09. The molecule has 0 aliphatic carbocycles. The zero-order valence-electron chi connectivity index (χ0n) is 9.72. The molecule has 0 radical (unpaired) electrons. The number of hydrogen-bond acceptors (Lipinski definition) is 4. The molecule has 0 unspecified atom stereocenters. The molecule has 4 heteroatoms. The van der Waals surface area contributed by atoms with Crippen LogP contribution < -0.4 is 0 Å². The van der Waals surface area contributed by atoms with Crippen molar-refractivity contribution in [2.45, 2.75) is 26.2 Å². The SMILES string of the molecule is CCCc1nsc(CC(=O)c2ccccc2)n1. The molecule has 0 spiro atoms. The van der Waals surface area contributed by atoms with E-state index in [1.165, 1.54) is 11.5 Å². The minimum Gasteiger partial charge on any atom is -0.294 e. The molecule has 2 aromatic rings. The lowest BCUT2D eigenvalue weighted by molar-refractivity contribution is 0.0993. The maximum absolute atomic E-state index is 11.9. The van der Waals surface area contributed by atoms with Crippen molar-refractivity contribution in [3.05, 3.63) is 46.7 Å². The van der Waals surface area contributed by atoms with Crippen LogP contribution in [0.4, 0.5) is 0 Å². The molecule has 0 aliphatic rings. The minimum atomic E-state index is 0.102. The first-order valence-electron chi connectivity index (χ1n) is 5.69. The molecule has 1 heterocycles. The summed E-state index contributed by atoms with van der Waals surface area (Å²) in [5, 5.41) is 0.808. The lowest BCUT2D eigenvalue weighted by Crippen LogP contribution is -2.03. The lowest BCUT2D eigenvalue weighted by Gasteiger charge is -1.96. The third-order valence-electron chi connectivity index (χ3n) is 2.39. The summed E-state index contributed by atoms with van der Waals surface area (Å²) in [7, 11) is 0. The van der Waals surface area contributed by atoms with Crippen molar-refractivity contribution in [1.82, 2.24) is 9.36 Å². The largest absolute Gasteiger partial charge is 0.294 e. The Kier molecular flexibility index (Phi) is 3.98. The first-order chi connectivity index (χ1) is 8.29. The van der Waals surface area contributed by atoms with E-state index in [4.69, 9.17) is 0 Å². The lowest BCUT2D eigenvalue weighted by atomic mass is 10.1. The third kappa shape index (κ3) is 3.20. The van der Waals surface area contributed by atoms with Crippen LogP contribution in [0.2, 0.25) is 0 Å². The van der Waals surface area contributed by atoms with Gasteiger partial charge in [0.25, 0.3) is 0 Å². The summed E-state index contributed by atoms with van der Waals surface area (Å²) >= 11 is 1.33. The molecule has 0 saturated heterocycles. The number of aryl methyl sites for hydroxylation is 1. The standard InChI is InChI=1S/C13H14N2OS/c1-2-6-12-14-13(17-15-12)9-11(16)10-7-4-3-5-8-10/h3-5,7-8H,2,6,9H2,1H3. The van der Waals surface area contributed by atoms with E-state index in [0.29, 0.717) is 6.42 Å². The van der Waals surface area contributed by atoms with Gasteiger partial charge in [-0.25, -0.2) is 4.98 Å². The van der Waals surface area contributed by atoms with Gasteiger partial charge >= 0.3 is 0 Å². The van der Waals surface area contributed by atoms with E-state index in [0.717, 1.165) is 29.2 Å². The Labute approximate surface area is 105 Å². The van der Waals surface area contributed by atoms with Crippen LogP contribution in [0.15, 0.2) is 30.3 Å². The molecular formula is C13H14N2OS. The van der Waals surface area contributed by atoms with Crippen LogP contribution in [-0.2, 0) is 12.8 Å². The maximum Gasteiger partial charge on any atom is 0.169 e. The zero-order chi connectivity index (χ0) is 12.1. The summed E-state index contributed by atoms with van der Waals surface area (Å²) in [4.78, 5) is 16.3. The van der Waals surface area contributed by atoms with Crippen LogP contribution in [0.3, 0.4) is 0 Å². The molecule has 17 heavy (non-hydrogen) atoms. The van der Waals surface area contributed by atoms with Crippen molar-refractivity contribution in [2.75, 3.05) is 0 Å². The Hall–Kier alpha value is -1.55. The van der Waals surface area contributed by atoms with Gasteiger partial charge in [0.2, 0.25) is 0 Å². The summed E-state index contributed by atoms with van der Waals surface area (Å²) < 4.78 is 4.23. The number of rotatable bonds is 5. The number of nitrogens with zero attached hydrogens (tertiary/aromatic N) is 2. The molecule has 3 nitrogen and oxygen atoms in total. The average molecular weight is 246 g/mol. The van der Waals surface area contributed by atoms with Gasteiger partial charge in [-0.3, -0.25) is 4.79 Å². The second kappa shape index (κ2) is 5.68. The summed E-state index contributed by atoms with van der Waals surface area (Å²) in [6, 6.07) is 9.30. The van der Waals surface area contributed by atoms with Gasteiger partial charge in [0.05, 0.1) is 6.42 Å². The fourth-order valence-electron chi connectivity index (χ4n) is 1.55. The second-order valence-corrected chi connectivity index (χ2v) is 4.66. The van der Waals surface area contributed by atoms with Crippen molar-refractivity contribution in [3.63, 3.8) is 0 Å². The van der Waals surface area contributed by atoms with Crippen molar-refractivity contribution < 1.29 is 4.79 Å². The summed E-state index contributed by atoms with van der Waals surface area (Å²) in [5.41, 5.74) is 0.736. The molecule has 0 amide bonds. The van der Waals surface area contributed by atoms with Gasteiger partial charge in [0.15, 0.2) is 5.78 Å². The van der Waals surface area contributed by atoms with Crippen molar-refractivity contribution in [1.29, 1.82) is 0 Å². The zero-order valence-corrected chi connectivity index (χ0v) is 10.5. The first kappa shape index (κ1) is 11.9. The van der Waals surface area contributed by atoms with Crippen LogP contribution in [0, 0.1) is 0 Å². The second-order valence-electron chi connectivity index (χ2n) is 3.82. The van der Waals surface area contributed by atoms with Crippen molar-refractivity contribution in [2.24, 2.45) is 0 Å².